The summed E-state index contributed by atoms with van der Waals surface area (Å²) in [4.78, 5) is 10.4. The largest absolute Gasteiger partial charge is 0.481 e. The maximum absolute atomic E-state index is 13.9. The number of alkyl halides is 3. The third kappa shape index (κ3) is 9.88. The maximum atomic E-state index is 13.9. The van der Waals surface area contributed by atoms with Crippen LogP contribution in [0.3, 0.4) is 0 Å². The van der Waals surface area contributed by atoms with Crippen molar-refractivity contribution in [2.45, 2.75) is 75.6 Å². The molecule has 0 saturated heterocycles. The number of aryl methyl sites for hydroxylation is 1. The fourth-order valence-electron chi connectivity index (χ4n) is 4.86. The van der Waals surface area contributed by atoms with E-state index in [1.807, 2.05) is 13.8 Å². The molecule has 240 valence electrons. The molecule has 1 unspecified atom stereocenters. The fraction of sp³-hybridized carbons (Fsp3) is 0.424. The minimum Gasteiger partial charge on any atom is -0.481 e. The molecule has 0 amide bonds. The van der Waals surface area contributed by atoms with Crippen molar-refractivity contribution in [1.82, 2.24) is 9.62 Å². The van der Waals surface area contributed by atoms with Crippen molar-refractivity contribution in [1.29, 1.82) is 0 Å². The topological polar surface area (TPSA) is 107 Å². The fourth-order valence-corrected chi connectivity index (χ4v) is 6.14. The molecule has 7 nitrogen and oxygen atoms in total. The van der Waals surface area contributed by atoms with Crippen LogP contribution >= 0.6 is 0 Å². The predicted octanol–water partition coefficient (Wildman–Crippen LogP) is 6.11. The van der Waals surface area contributed by atoms with Crippen molar-refractivity contribution in [2.75, 3.05) is 20.1 Å². The maximum Gasteiger partial charge on any atom is 0.416 e. The van der Waals surface area contributed by atoms with Crippen molar-refractivity contribution in [3.8, 4) is 11.1 Å². The van der Waals surface area contributed by atoms with Gasteiger partial charge in [0.2, 0.25) is 10.0 Å². The molecular formula is C33H41F3N2O5S. The minimum atomic E-state index is -4.82. The quantitative estimate of drug-likeness (QED) is 0.198. The number of hydrogen-bond donors (Lipinski definition) is 3. The number of carbonyl (C=O) groups is 1. The number of carboxylic acids is 1. The lowest BCUT2D eigenvalue weighted by molar-refractivity contribution is -0.138. The highest BCUT2D eigenvalue weighted by molar-refractivity contribution is 7.89. The van der Waals surface area contributed by atoms with Gasteiger partial charge in [-0.3, -0.25) is 4.79 Å². The number of halogens is 3. The number of benzene rings is 3. The van der Waals surface area contributed by atoms with Gasteiger partial charge in [0, 0.05) is 32.1 Å². The molecule has 11 heteroatoms. The average molecular weight is 635 g/mol. The van der Waals surface area contributed by atoms with E-state index in [2.05, 4.69) is 43.4 Å². The molecule has 0 bridgehead atoms. The van der Waals surface area contributed by atoms with Crippen LogP contribution < -0.4 is 5.32 Å². The molecule has 0 saturated carbocycles. The van der Waals surface area contributed by atoms with Crippen LogP contribution in [0.1, 0.15) is 62.3 Å². The molecule has 0 heterocycles. The van der Waals surface area contributed by atoms with Crippen LogP contribution in [0, 0.1) is 0 Å². The number of rotatable bonds is 14. The molecule has 0 radical (unpaired) electrons. The third-order valence-electron chi connectivity index (χ3n) is 7.41. The van der Waals surface area contributed by atoms with Crippen molar-refractivity contribution in [2.24, 2.45) is 0 Å². The summed E-state index contributed by atoms with van der Waals surface area (Å²) in [6.07, 6.45) is -5.27. The number of carboxylic acid groups (broad SMARTS) is 1. The SMILES string of the molecule is CC(C)c1ccc(CC(C)(C)NCC(O)CN(C)S(=O)(=O)c2cc(-c3cccc(CCC(=O)O)c3)cc(C(F)(F)F)c2)cc1. The van der Waals surface area contributed by atoms with Gasteiger partial charge >= 0.3 is 12.1 Å². The number of likely N-dealkylation sites (N-methyl/N-ethyl adjacent to an activating group) is 1. The van der Waals surface area contributed by atoms with E-state index in [1.54, 1.807) is 18.2 Å². The number of nitrogens with one attached hydrogen (secondary N) is 1. The second kappa shape index (κ2) is 14.2. The van der Waals surface area contributed by atoms with E-state index in [0.29, 0.717) is 29.5 Å². The molecule has 0 fully saturated rings. The van der Waals surface area contributed by atoms with E-state index < -0.39 is 44.3 Å². The van der Waals surface area contributed by atoms with E-state index >= 15 is 0 Å². The van der Waals surface area contributed by atoms with Gasteiger partial charge in [0.1, 0.15) is 0 Å². The number of β-amino-alcohol motifs (C(OH)–C–C–N with tert-alkyl or cyclic N) is 1. The average Bonchev–Trinajstić information content (AvgIpc) is 2.94. The summed E-state index contributed by atoms with van der Waals surface area (Å²) in [6.45, 7) is 7.90. The van der Waals surface area contributed by atoms with Crippen LogP contribution in [0.2, 0.25) is 0 Å². The van der Waals surface area contributed by atoms with E-state index in [9.17, 15) is 31.5 Å². The summed E-state index contributed by atoms with van der Waals surface area (Å²) in [6, 6.07) is 17.2. The number of aliphatic hydroxyl groups excluding tert-OH is 1. The summed E-state index contributed by atoms with van der Waals surface area (Å²) in [5, 5.41) is 22.9. The predicted molar refractivity (Wildman–Crippen MR) is 165 cm³/mol. The van der Waals surface area contributed by atoms with E-state index in [-0.39, 0.29) is 31.5 Å². The monoisotopic (exact) mass is 634 g/mol. The molecular weight excluding hydrogens is 593 g/mol. The lowest BCUT2D eigenvalue weighted by Gasteiger charge is -2.29. The third-order valence-corrected chi connectivity index (χ3v) is 9.21. The summed E-state index contributed by atoms with van der Waals surface area (Å²) in [5.41, 5.74) is 1.72. The molecule has 0 aliphatic carbocycles. The van der Waals surface area contributed by atoms with Crippen LogP contribution in [-0.4, -0.2) is 60.7 Å². The zero-order valence-electron chi connectivity index (χ0n) is 25.6. The van der Waals surface area contributed by atoms with Gasteiger partial charge in [0.15, 0.2) is 0 Å². The van der Waals surface area contributed by atoms with Crippen LogP contribution in [0.5, 0.6) is 0 Å². The molecule has 0 spiro atoms. The Hall–Kier alpha value is -3.25. The molecule has 1 atom stereocenters. The zero-order chi connectivity index (χ0) is 32.9. The lowest BCUT2D eigenvalue weighted by atomic mass is 9.93. The first-order chi connectivity index (χ1) is 20.4. The smallest absolute Gasteiger partial charge is 0.416 e. The van der Waals surface area contributed by atoms with Gasteiger partial charge in [0.05, 0.1) is 16.6 Å². The first-order valence-electron chi connectivity index (χ1n) is 14.4. The zero-order valence-corrected chi connectivity index (χ0v) is 26.5. The summed E-state index contributed by atoms with van der Waals surface area (Å²) < 4.78 is 69.3. The Bertz CT molecular complexity index is 1540. The molecule has 44 heavy (non-hydrogen) atoms. The van der Waals surface area contributed by atoms with Crippen molar-refractivity contribution >= 4 is 16.0 Å². The van der Waals surface area contributed by atoms with Gasteiger partial charge in [-0.15, -0.1) is 0 Å². The number of hydrogen-bond acceptors (Lipinski definition) is 5. The molecule has 0 aliphatic heterocycles. The summed E-state index contributed by atoms with van der Waals surface area (Å²) in [5.74, 6) is -0.592. The number of aliphatic hydroxyl groups is 1. The van der Waals surface area contributed by atoms with Crippen molar-refractivity contribution < 1.29 is 36.6 Å². The van der Waals surface area contributed by atoms with Gasteiger partial charge < -0.3 is 15.5 Å². The molecule has 3 aromatic rings. The second-order valence-corrected chi connectivity index (χ2v) is 14.2. The second-order valence-electron chi connectivity index (χ2n) is 12.1. The van der Waals surface area contributed by atoms with Crippen molar-refractivity contribution in [3.05, 3.63) is 89.0 Å². The highest BCUT2D eigenvalue weighted by atomic mass is 32.2. The Labute approximate surface area is 257 Å². The molecule has 0 aromatic heterocycles. The molecule has 3 rings (SSSR count). The number of sulfonamides is 1. The lowest BCUT2D eigenvalue weighted by Crippen LogP contribution is -2.47. The van der Waals surface area contributed by atoms with E-state index in [0.717, 1.165) is 22.0 Å². The first-order valence-corrected chi connectivity index (χ1v) is 15.8. The van der Waals surface area contributed by atoms with Crippen LogP contribution in [0.4, 0.5) is 13.2 Å². The molecule has 3 N–H and O–H groups in total. The number of aliphatic carboxylic acids is 1. The Morgan fingerprint density at radius 3 is 2.20 bits per heavy atom. The van der Waals surface area contributed by atoms with E-state index in [1.165, 1.54) is 18.7 Å². The number of nitrogens with zero attached hydrogens (tertiary/aromatic N) is 1. The van der Waals surface area contributed by atoms with Crippen LogP contribution in [-0.2, 0) is 33.8 Å². The highest BCUT2D eigenvalue weighted by Crippen LogP contribution is 2.35. The standard InChI is InChI=1S/C33H41F3N2O5S/c1-22(2)25-12-9-24(10-13-25)19-32(3,4)37-20-29(39)21-38(5)44(42,43)30-17-27(16-28(18-30)33(34,35)36)26-8-6-7-23(15-26)11-14-31(40)41/h6-10,12-13,15-18,22,29,37,39H,11,14,19-21H2,1-5H3,(H,40,41). The molecule has 0 aliphatic rings. The van der Waals surface area contributed by atoms with Crippen LogP contribution in [0.25, 0.3) is 11.1 Å². The van der Waals surface area contributed by atoms with Gasteiger partial charge in [0.25, 0.3) is 0 Å². The normalized spacial score (nSPS) is 13.4. The first kappa shape index (κ1) is 35.2. The summed E-state index contributed by atoms with van der Waals surface area (Å²) in [7, 11) is -3.21. The summed E-state index contributed by atoms with van der Waals surface area (Å²) >= 11 is 0. The molecule has 3 aromatic carbocycles. The van der Waals surface area contributed by atoms with Crippen LogP contribution in [0.15, 0.2) is 71.6 Å². The van der Waals surface area contributed by atoms with E-state index in [4.69, 9.17) is 5.11 Å². The Morgan fingerprint density at radius 2 is 1.61 bits per heavy atom. The minimum absolute atomic E-state index is 0.0226. The van der Waals surface area contributed by atoms with Gasteiger partial charge in [-0.05, 0) is 78.6 Å². The highest BCUT2D eigenvalue weighted by Gasteiger charge is 2.34. The van der Waals surface area contributed by atoms with Gasteiger partial charge in [-0.25, -0.2) is 8.42 Å². The Balaban J connectivity index is 1.76. The van der Waals surface area contributed by atoms with Crippen molar-refractivity contribution in [3.63, 3.8) is 0 Å². The van der Waals surface area contributed by atoms with Gasteiger partial charge in [-0.2, -0.15) is 17.5 Å². The van der Waals surface area contributed by atoms with Gasteiger partial charge in [-0.1, -0.05) is 62.4 Å². The Morgan fingerprint density at radius 1 is 0.955 bits per heavy atom. The Kier molecular flexibility index (Phi) is 11.4.